The summed E-state index contributed by atoms with van der Waals surface area (Å²) in [5, 5.41) is 39.6. The fraction of sp³-hybridized carbons (Fsp3) is 0.0400. The summed E-state index contributed by atoms with van der Waals surface area (Å²) in [5.41, 5.74) is -3.00. The predicted octanol–water partition coefficient (Wildman–Crippen LogP) is 11.3. The lowest BCUT2D eigenvalue weighted by Gasteiger charge is -2.09. The molecular weight excluding hydrogens is 949 g/mol. The summed E-state index contributed by atoms with van der Waals surface area (Å²) in [6, 6.07) is 29.3. The van der Waals surface area contributed by atoms with Crippen molar-refractivity contribution in [2.75, 3.05) is 0 Å². The van der Waals surface area contributed by atoms with Gasteiger partial charge in [0.1, 0.15) is 71.7 Å². The molecule has 0 saturated carbocycles. The Labute approximate surface area is 397 Å². The van der Waals surface area contributed by atoms with Crippen molar-refractivity contribution in [3.63, 3.8) is 0 Å². The minimum absolute atomic E-state index is 0.158. The van der Waals surface area contributed by atoms with Gasteiger partial charge in [-0.1, -0.05) is 60.7 Å². The first-order valence-corrected chi connectivity index (χ1v) is 21.9. The molecule has 0 bridgehead atoms. The third-order valence-corrected chi connectivity index (χ3v) is 13.6. The number of carbonyl (C=O) groups is 4. The number of hydrogen-bond donors (Lipinski definition) is 0. The van der Waals surface area contributed by atoms with Gasteiger partial charge in [0, 0.05) is 45.5 Å². The summed E-state index contributed by atoms with van der Waals surface area (Å²) in [6.45, 7) is -0.481. The van der Waals surface area contributed by atoms with Gasteiger partial charge in [0.05, 0.1) is 29.8 Å². The molecule has 2 aliphatic carbocycles. The maximum atomic E-state index is 14.6. The van der Waals surface area contributed by atoms with Gasteiger partial charge in [-0.15, -0.1) is 22.7 Å². The van der Waals surface area contributed by atoms with Gasteiger partial charge in [0.2, 0.25) is 11.6 Å². The maximum Gasteiger partial charge on any atom is 0.420 e. The van der Waals surface area contributed by atoms with Crippen LogP contribution in [0, 0.1) is 68.6 Å². The normalized spacial score (nSPS) is 13.9. The highest BCUT2D eigenvalue weighted by atomic mass is 32.1. The Morgan fingerprint density at radius 2 is 0.871 bits per heavy atom. The van der Waals surface area contributed by atoms with Crippen molar-refractivity contribution in [2.45, 2.75) is 13.2 Å². The molecule has 0 spiro atoms. The smallest absolute Gasteiger partial charge is 0.420 e. The monoisotopic (exact) mass is 968 g/mol. The van der Waals surface area contributed by atoms with Crippen molar-refractivity contribution in [2.24, 2.45) is 9.98 Å². The highest BCUT2D eigenvalue weighted by Gasteiger charge is 2.39. The van der Waals surface area contributed by atoms with E-state index in [1.54, 1.807) is 84.9 Å². The molecule has 70 heavy (non-hydrogen) atoms. The zero-order chi connectivity index (χ0) is 49.1. The Balaban J connectivity index is 1.20. The van der Waals surface area contributed by atoms with Crippen molar-refractivity contribution in [3.05, 3.63) is 165 Å². The van der Waals surface area contributed by atoms with Gasteiger partial charge in [-0.05, 0) is 35.4 Å². The van der Waals surface area contributed by atoms with Crippen LogP contribution in [0.25, 0.3) is 41.0 Å². The lowest BCUT2D eigenvalue weighted by Crippen LogP contribution is -2.15. The number of halogens is 4. The molecule has 336 valence electrons. The summed E-state index contributed by atoms with van der Waals surface area (Å²) in [4.78, 5) is 65.6. The average molecular weight is 969 g/mol. The van der Waals surface area contributed by atoms with Crippen LogP contribution in [0.1, 0.15) is 43.0 Å². The van der Waals surface area contributed by atoms with E-state index in [2.05, 4.69) is 9.98 Å². The number of ether oxygens (including phenoxy) is 2. The summed E-state index contributed by atoms with van der Waals surface area (Å²) in [5.74, 6) is -7.92. The number of ketones is 2. The number of Topliss-reactive ketones (excluding diaryl/α,β-unsaturated/α-hetero) is 2. The molecule has 0 saturated heterocycles. The van der Waals surface area contributed by atoms with Gasteiger partial charge >= 0.3 is 12.2 Å². The number of thiophene rings is 2. The molecule has 0 radical (unpaired) electrons. The molecule has 10 rings (SSSR count). The topological polar surface area (TPSA) is 216 Å². The van der Waals surface area contributed by atoms with Crippen molar-refractivity contribution in [3.8, 4) is 24.3 Å². The van der Waals surface area contributed by atoms with Crippen LogP contribution in [0.4, 0.5) is 38.8 Å². The Morgan fingerprint density at radius 3 is 1.21 bits per heavy atom. The molecule has 14 nitrogen and oxygen atoms in total. The first kappa shape index (κ1) is 44.2. The summed E-state index contributed by atoms with van der Waals surface area (Å²) in [7, 11) is 0. The predicted molar refractivity (Wildman–Crippen MR) is 247 cm³/mol. The first-order chi connectivity index (χ1) is 33.8. The van der Waals surface area contributed by atoms with Crippen LogP contribution in [0.2, 0.25) is 0 Å². The minimum atomic E-state index is -1.37. The van der Waals surface area contributed by atoms with Crippen molar-refractivity contribution in [1.82, 2.24) is 9.13 Å². The quantitative estimate of drug-likeness (QED) is 0.113. The third kappa shape index (κ3) is 7.12. The van der Waals surface area contributed by atoms with E-state index in [0.717, 1.165) is 31.8 Å². The van der Waals surface area contributed by atoms with Crippen molar-refractivity contribution in [1.29, 1.82) is 21.0 Å². The summed E-state index contributed by atoms with van der Waals surface area (Å²) >= 11 is 2.06. The fourth-order valence-corrected chi connectivity index (χ4v) is 10.8. The van der Waals surface area contributed by atoms with Gasteiger partial charge in [0.15, 0.2) is 23.3 Å². The van der Waals surface area contributed by atoms with Gasteiger partial charge in [-0.25, -0.2) is 46.3 Å². The summed E-state index contributed by atoms with van der Waals surface area (Å²) < 4.78 is 73.2. The van der Waals surface area contributed by atoms with Crippen molar-refractivity contribution < 1.29 is 46.2 Å². The molecule has 8 aromatic rings. The molecule has 4 heterocycles. The number of fused-ring (bicyclic) bond motifs is 7. The number of hydrogen-bond acceptors (Lipinski definition) is 14. The van der Waals surface area contributed by atoms with Crippen LogP contribution in [0.3, 0.4) is 0 Å². The van der Waals surface area contributed by atoms with Gasteiger partial charge in [-0.2, -0.15) is 21.0 Å². The minimum Gasteiger partial charge on any atom is -0.444 e. The van der Waals surface area contributed by atoms with Crippen molar-refractivity contribution >= 4 is 110 Å². The second kappa shape index (κ2) is 17.2. The highest BCUT2D eigenvalue weighted by molar-refractivity contribution is 7.36. The first-order valence-electron chi connectivity index (χ1n) is 20.2. The Morgan fingerprint density at radius 1 is 0.529 bits per heavy atom. The lowest BCUT2D eigenvalue weighted by atomic mass is 10.0. The van der Waals surface area contributed by atoms with E-state index in [9.17, 15) is 57.8 Å². The van der Waals surface area contributed by atoms with Crippen LogP contribution in [-0.2, 0) is 22.7 Å². The number of benzene rings is 4. The van der Waals surface area contributed by atoms with E-state index in [1.807, 2.05) is 0 Å². The van der Waals surface area contributed by atoms with Gasteiger partial charge in [0.25, 0.3) is 0 Å². The largest absolute Gasteiger partial charge is 0.444 e. The number of aliphatic imine (C=N–C) groups is 2. The molecule has 4 aromatic heterocycles. The Kier molecular flexibility index (Phi) is 10.9. The van der Waals surface area contributed by atoms with E-state index >= 15 is 0 Å². The molecule has 20 heteroatoms. The standard InChI is InChI=1S/C50H20F4N8O6S2/c51-31-11-27-29(13-33(31)53)45(63)41(39(27)25(17-55)18-56)59-37-15-35-43(61(37)49(65)67-21-23-7-3-1-4-8-23)47-48(69-35)44-36(70-47)16-38(62(44)50(66)68-22-24-9-5-2-6-10-24)60-42-40(26(19-57)20-58)28-12-32(52)34(54)14-30(28)46(42)64/h1-16H,21-22H2/b59-41-,60-42-. The van der Waals surface area contributed by atoms with Crippen LogP contribution in [-0.4, -0.2) is 44.3 Å². The summed E-state index contributed by atoms with van der Waals surface area (Å²) in [6.07, 6.45) is -2.03. The second-order valence-electron chi connectivity index (χ2n) is 15.2. The number of allylic oxidation sites excluding steroid dienone is 4. The molecule has 0 N–H and O–H groups in total. The molecule has 0 aliphatic heterocycles. The fourth-order valence-electron chi connectivity index (χ4n) is 8.10. The van der Waals surface area contributed by atoms with Crippen LogP contribution < -0.4 is 0 Å². The zero-order valence-corrected chi connectivity index (χ0v) is 36.6. The third-order valence-electron chi connectivity index (χ3n) is 11.2. The lowest BCUT2D eigenvalue weighted by molar-refractivity contribution is 0.106. The van der Waals surface area contributed by atoms with Crippen LogP contribution >= 0.6 is 22.7 Å². The average Bonchev–Trinajstić information content (AvgIpc) is 4.18. The van der Waals surface area contributed by atoms with E-state index < -0.39 is 80.7 Å². The number of rotatable bonds is 6. The van der Waals surface area contributed by atoms with Crippen LogP contribution in [0.15, 0.2) is 118 Å². The Hall–Kier alpha value is -9.60. The molecule has 4 aromatic carbocycles. The SMILES string of the molecule is N#CC(C#N)=C1/C(=N/c2cc3sc4c(sc5cc(/N=C6\C(=O)c7cc(F)c(F)cc7C6=C(C#N)C#N)n(C(=O)OCc6ccccc6)c54)c3n2C(=O)OCc2ccccc2)C(=O)c2cc(F)c(F)cc21. The van der Waals surface area contributed by atoms with Gasteiger partial charge in [-0.3, -0.25) is 9.59 Å². The molecule has 0 unspecified atom stereocenters. The molecule has 2 aliphatic rings. The maximum absolute atomic E-state index is 14.6. The van der Waals surface area contributed by atoms with Crippen LogP contribution in [0.5, 0.6) is 0 Å². The Bertz CT molecular complexity index is 3730. The van der Waals surface area contributed by atoms with Gasteiger partial charge < -0.3 is 9.47 Å². The molecule has 0 fully saturated rings. The zero-order valence-electron chi connectivity index (χ0n) is 35.0. The second-order valence-corrected chi connectivity index (χ2v) is 17.3. The number of carbonyl (C=O) groups excluding carboxylic acids is 4. The molecular formula is C50H20F4N8O6S2. The highest BCUT2D eigenvalue weighted by Crippen LogP contribution is 2.49. The number of nitriles is 4. The number of nitrogens with zero attached hydrogens (tertiary/aromatic N) is 8. The molecule has 0 atom stereocenters. The van der Waals surface area contributed by atoms with E-state index in [-0.39, 0.29) is 58.1 Å². The van der Waals surface area contributed by atoms with E-state index in [1.165, 1.54) is 12.1 Å². The van der Waals surface area contributed by atoms with E-state index in [0.29, 0.717) is 54.2 Å². The molecule has 0 amide bonds. The van der Waals surface area contributed by atoms with E-state index in [4.69, 9.17) is 9.47 Å². The number of aromatic nitrogens is 2.